The molecule has 0 spiro atoms. The van der Waals surface area contributed by atoms with Gasteiger partial charge in [0, 0.05) is 18.7 Å². The van der Waals surface area contributed by atoms with Crippen molar-refractivity contribution in [1.82, 2.24) is 19.7 Å². The maximum atomic E-state index is 13.1. The van der Waals surface area contributed by atoms with E-state index in [1.165, 1.54) is 10.4 Å². The summed E-state index contributed by atoms with van der Waals surface area (Å²) in [6.07, 6.45) is 2.68. The molecule has 1 amide bonds. The van der Waals surface area contributed by atoms with Crippen molar-refractivity contribution in [3.8, 4) is 0 Å². The second-order valence-corrected chi connectivity index (χ2v) is 9.36. The highest BCUT2D eigenvalue weighted by Crippen LogP contribution is 2.24. The van der Waals surface area contributed by atoms with E-state index < -0.39 is 15.9 Å². The first-order chi connectivity index (χ1) is 14.9. The molecule has 0 aliphatic carbocycles. The topological polar surface area (TPSA) is 124 Å². The van der Waals surface area contributed by atoms with Gasteiger partial charge in [0.05, 0.1) is 15.8 Å². The number of nitrogens with one attached hydrogen (secondary N) is 3. The molecule has 10 heteroatoms. The lowest BCUT2D eigenvalue weighted by molar-refractivity contribution is 0.0962. The number of hydrogen-bond donors (Lipinski definition) is 3. The number of carbonyl (C=O) groups excluding carboxylic acids is 1. The number of para-hydroxylation sites is 1. The summed E-state index contributed by atoms with van der Waals surface area (Å²) in [4.78, 5) is 31.7. The van der Waals surface area contributed by atoms with Crippen LogP contribution in [0.3, 0.4) is 0 Å². The summed E-state index contributed by atoms with van der Waals surface area (Å²) in [6.45, 7) is 2.68. The van der Waals surface area contributed by atoms with Gasteiger partial charge in [-0.05, 0) is 49.6 Å². The number of aromatic amines is 1. The number of anilines is 1. The lowest BCUT2D eigenvalue weighted by atomic mass is 10.1. The fraction of sp³-hybridized carbons (Fsp3) is 0.286. The summed E-state index contributed by atoms with van der Waals surface area (Å²) < 4.78 is 27.6. The number of hydrogen-bond acceptors (Lipinski definition) is 6. The van der Waals surface area contributed by atoms with Crippen molar-refractivity contribution in [3.05, 3.63) is 63.9 Å². The minimum atomic E-state index is -3.67. The van der Waals surface area contributed by atoms with Gasteiger partial charge in [-0.2, -0.15) is 4.31 Å². The van der Waals surface area contributed by atoms with Gasteiger partial charge in [-0.1, -0.05) is 24.6 Å². The zero-order valence-corrected chi connectivity index (χ0v) is 17.8. The summed E-state index contributed by atoms with van der Waals surface area (Å²) in [6, 6.07) is 11.4. The van der Waals surface area contributed by atoms with Crippen LogP contribution in [0.4, 0.5) is 5.95 Å². The van der Waals surface area contributed by atoms with Gasteiger partial charge in [-0.25, -0.2) is 13.4 Å². The van der Waals surface area contributed by atoms with Crippen molar-refractivity contribution in [2.24, 2.45) is 0 Å². The average molecular weight is 442 g/mol. The van der Waals surface area contributed by atoms with Crippen molar-refractivity contribution in [2.75, 3.05) is 18.5 Å². The molecule has 1 aromatic heterocycles. The number of sulfonamides is 1. The Labute approximate surface area is 179 Å². The van der Waals surface area contributed by atoms with E-state index in [-0.39, 0.29) is 22.0 Å². The van der Waals surface area contributed by atoms with E-state index in [1.54, 1.807) is 43.3 Å². The molecule has 1 saturated heterocycles. The summed E-state index contributed by atoms with van der Waals surface area (Å²) in [7, 11) is -3.67. The Kier molecular flexibility index (Phi) is 5.75. The molecule has 0 unspecified atom stereocenters. The summed E-state index contributed by atoms with van der Waals surface area (Å²) in [5, 5.41) is 0.436. The molecule has 4 rings (SSSR count). The first-order valence-electron chi connectivity index (χ1n) is 10.0. The highest BCUT2D eigenvalue weighted by molar-refractivity contribution is 7.89. The van der Waals surface area contributed by atoms with Gasteiger partial charge in [0.1, 0.15) is 0 Å². The highest BCUT2D eigenvalue weighted by atomic mass is 32.2. The number of aryl methyl sites for hydroxylation is 1. The predicted molar refractivity (Wildman–Crippen MR) is 117 cm³/mol. The van der Waals surface area contributed by atoms with E-state index in [1.807, 2.05) is 0 Å². The Morgan fingerprint density at radius 2 is 1.84 bits per heavy atom. The Bertz CT molecular complexity index is 1300. The molecule has 3 N–H and O–H groups in total. The first kappa shape index (κ1) is 21.0. The molecule has 1 fully saturated rings. The number of nitrogens with zero attached hydrogens (tertiary/aromatic N) is 2. The van der Waals surface area contributed by atoms with Gasteiger partial charge >= 0.3 is 0 Å². The molecule has 0 atom stereocenters. The van der Waals surface area contributed by atoms with Gasteiger partial charge in [0.15, 0.2) is 0 Å². The third-order valence-electron chi connectivity index (χ3n) is 5.29. The SMILES string of the molecule is Cc1ccc(C(=O)NNc2nc3ccccc3c(=O)[nH]2)cc1S(=O)(=O)N1CCCCC1. The number of rotatable bonds is 5. The van der Waals surface area contributed by atoms with Crippen LogP contribution in [0.25, 0.3) is 10.9 Å². The van der Waals surface area contributed by atoms with Crippen molar-refractivity contribution >= 4 is 32.8 Å². The second-order valence-electron chi connectivity index (χ2n) is 7.46. The molecular weight excluding hydrogens is 418 g/mol. The van der Waals surface area contributed by atoms with E-state index in [2.05, 4.69) is 20.8 Å². The Morgan fingerprint density at radius 3 is 2.61 bits per heavy atom. The number of benzene rings is 2. The number of hydrazine groups is 1. The maximum absolute atomic E-state index is 13.1. The fourth-order valence-electron chi connectivity index (χ4n) is 3.60. The molecule has 3 aromatic rings. The van der Waals surface area contributed by atoms with Crippen LogP contribution >= 0.6 is 0 Å². The standard InChI is InChI=1S/C21H23N5O4S/c1-14-9-10-15(13-18(14)31(29,30)26-11-5-2-6-12-26)19(27)24-25-21-22-17-8-4-3-7-16(17)20(28)23-21/h3-4,7-10,13H,2,5-6,11-12H2,1H3,(H,24,27)(H2,22,23,25,28). The smallest absolute Gasteiger partial charge is 0.269 e. The van der Waals surface area contributed by atoms with E-state index in [4.69, 9.17) is 0 Å². The van der Waals surface area contributed by atoms with Gasteiger partial charge in [0.25, 0.3) is 11.5 Å². The van der Waals surface area contributed by atoms with Gasteiger partial charge in [0.2, 0.25) is 16.0 Å². The number of piperidine rings is 1. The van der Waals surface area contributed by atoms with Crippen molar-refractivity contribution in [2.45, 2.75) is 31.1 Å². The maximum Gasteiger partial charge on any atom is 0.269 e. The molecule has 2 aromatic carbocycles. The third kappa shape index (κ3) is 4.30. The predicted octanol–water partition coefficient (Wildman–Crippen LogP) is 2.16. The minimum absolute atomic E-state index is 0.0744. The molecule has 31 heavy (non-hydrogen) atoms. The summed E-state index contributed by atoms with van der Waals surface area (Å²) in [5.41, 5.74) is 5.94. The minimum Gasteiger partial charge on any atom is -0.291 e. The third-order valence-corrected chi connectivity index (χ3v) is 7.33. The lowest BCUT2D eigenvalue weighted by Gasteiger charge is -2.26. The number of aromatic nitrogens is 2. The number of carbonyl (C=O) groups is 1. The van der Waals surface area contributed by atoms with E-state index in [0.717, 1.165) is 19.3 Å². The number of amides is 1. The molecule has 0 saturated carbocycles. The van der Waals surface area contributed by atoms with E-state index >= 15 is 0 Å². The van der Waals surface area contributed by atoms with E-state index in [0.29, 0.717) is 29.6 Å². The van der Waals surface area contributed by atoms with Crippen LogP contribution in [0, 0.1) is 6.92 Å². The molecule has 1 aliphatic rings. The van der Waals surface area contributed by atoms with Crippen molar-refractivity contribution in [1.29, 1.82) is 0 Å². The van der Waals surface area contributed by atoms with Crippen LogP contribution in [0.2, 0.25) is 0 Å². The summed E-state index contributed by atoms with van der Waals surface area (Å²) in [5.74, 6) is -0.476. The average Bonchev–Trinajstić information content (AvgIpc) is 2.78. The fourth-order valence-corrected chi connectivity index (χ4v) is 5.37. The van der Waals surface area contributed by atoms with Crippen LogP contribution in [-0.4, -0.2) is 41.7 Å². The normalized spacial score (nSPS) is 15.0. The molecule has 0 radical (unpaired) electrons. The van der Waals surface area contributed by atoms with Crippen LogP contribution in [0.5, 0.6) is 0 Å². The van der Waals surface area contributed by atoms with Crippen LogP contribution in [-0.2, 0) is 10.0 Å². The first-order valence-corrected chi connectivity index (χ1v) is 11.5. The quantitative estimate of drug-likeness (QED) is 0.521. The van der Waals surface area contributed by atoms with E-state index in [9.17, 15) is 18.0 Å². The van der Waals surface area contributed by atoms with Crippen LogP contribution < -0.4 is 16.4 Å². The lowest BCUT2D eigenvalue weighted by Crippen LogP contribution is -2.36. The zero-order valence-electron chi connectivity index (χ0n) is 17.0. The van der Waals surface area contributed by atoms with Crippen LogP contribution in [0.15, 0.2) is 52.2 Å². The Morgan fingerprint density at radius 1 is 1.10 bits per heavy atom. The number of H-pyrrole nitrogens is 1. The molecule has 9 nitrogen and oxygen atoms in total. The largest absolute Gasteiger partial charge is 0.291 e. The highest BCUT2D eigenvalue weighted by Gasteiger charge is 2.28. The van der Waals surface area contributed by atoms with Gasteiger partial charge in [-0.3, -0.25) is 25.4 Å². The van der Waals surface area contributed by atoms with Gasteiger partial charge < -0.3 is 0 Å². The molecule has 0 bridgehead atoms. The monoisotopic (exact) mass is 441 g/mol. The van der Waals surface area contributed by atoms with Crippen molar-refractivity contribution in [3.63, 3.8) is 0 Å². The summed E-state index contributed by atoms with van der Waals surface area (Å²) >= 11 is 0. The van der Waals surface area contributed by atoms with Gasteiger partial charge in [-0.15, -0.1) is 0 Å². The molecular formula is C21H23N5O4S. The Balaban J connectivity index is 1.54. The second kappa shape index (κ2) is 8.48. The van der Waals surface area contributed by atoms with Crippen molar-refractivity contribution < 1.29 is 13.2 Å². The zero-order chi connectivity index (χ0) is 22.0. The molecule has 2 heterocycles. The molecule has 1 aliphatic heterocycles. The number of fused-ring (bicyclic) bond motifs is 1. The Hall–Kier alpha value is -3.24. The molecule has 162 valence electrons. The van der Waals surface area contributed by atoms with Crippen LogP contribution in [0.1, 0.15) is 35.2 Å².